The molecule has 0 aliphatic rings. The van der Waals surface area contributed by atoms with Crippen LogP contribution in [0.25, 0.3) is 0 Å². The number of nitrogens with zero attached hydrogens (tertiary/aromatic N) is 1. The first-order valence-electron chi connectivity index (χ1n) is 28.7. The zero-order valence-electron chi connectivity index (χ0n) is 44.8. The largest absolute Gasteiger partial charge is 0.462 e. The standard InChI is InChI=1S/C58H115NO5/c1-9-13-17-21-25-33-43-53(44-34-26-22-18-14-10-2)63-55(61)57(5,6)47-37-29-31-39-49-59(51-41-42-52-60)50-40-32-30-38-48-58(7,8)56(62)64-54(45-35-27-23-19-15-11-3)46-36-28-24-20-16-12-4/h53-54,60H,9-52H2,1-8H3. The van der Waals surface area contributed by atoms with Crippen molar-refractivity contribution in [3.05, 3.63) is 0 Å². The van der Waals surface area contributed by atoms with E-state index in [1.807, 2.05) is 0 Å². The van der Waals surface area contributed by atoms with Crippen molar-refractivity contribution in [2.24, 2.45) is 10.8 Å². The first-order valence-corrected chi connectivity index (χ1v) is 28.7. The van der Waals surface area contributed by atoms with Gasteiger partial charge in [-0.15, -0.1) is 0 Å². The minimum absolute atomic E-state index is 0.0132. The molecule has 0 heterocycles. The number of carbonyl (C=O) groups is 2. The van der Waals surface area contributed by atoms with Crippen molar-refractivity contribution in [1.29, 1.82) is 0 Å². The summed E-state index contributed by atoms with van der Waals surface area (Å²) in [4.78, 5) is 29.6. The van der Waals surface area contributed by atoms with Gasteiger partial charge in [0.15, 0.2) is 0 Å². The molecule has 0 amide bonds. The van der Waals surface area contributed by atoms with Crippen LogP contribution in [0.3, 0.4) is 0 Å². The van der Waals surface area contributed by atoms with Crippen LogP contribution in [-0.2, 0) is 19.1 Å². The molecule has 0 aromatic heterocycles. The molecular weight excluding hydrogens is 791 g/mol. The fourth-order valence-electron chi connectivity index (χ4n) is 9.25. The third-order valence-corrected chi connectivity index (χ3v) is 14.1. The van der Waals surface area contributed by atoms with Crippen LogP contribution in [0.15, 0.2) is 0 Å². The number of esters is 2. The molecule has 0 aromatic rings. The van der Waals surface area contributed by atoms with Crippen molar-refractivity contribution in [1.82, 2.24) is 4.90 Å². The lowest BCUT2D eigenvalue weighted by molar-refractivity contribution is -0.161. The van der Waals surface area contributed by atoms with E-state index in [1.165, 1.54) is 180 Å². The van der Waals surface area contributed by atoms with Crippen molar-refractivity contribution < 1.29 is 24.2 Å². The summed E-state index contributed by atoms with van der Waals surface area (Å²) >= 11 is 0. The maximum Gasteiger partial charge on any atom is 0.311 e. The van der Waals surface area contributed by atoms with Gasteiger partial charge in [0.1, 0.15) is 12.2 Å². The minimum atomic E-state index is -0.435. The van der Waals surface area contributed by atoms with Crippen LogP contribution >= 0.6 is 0 Å². The highest BCUT2D eigenvalue weighted by atomic mass is 16.5. The van der Waals surface area contributed by atoms with Gasteiger partial charge in [-0.3, -0.25) is 9.59 Å². The Morgan fingerprint density at radius 2 is 0.625 bits per heavy atom. The molecule has 0 fully saturated rings. The van der Waals surface area contributed by atoms with Crippen LogP contribution in [0.2, 0.25) is 0 Å². The van der Waals surface area contributed by atoms with E-state index < -0.39 is 10.8 Å². The number of rotatable bonds is 50. The van der Waals surface area contributed by atoms with E-state index in [-0.39, 0.29) is 30.8 Å². The van der Waals surface area contributed by atoms with Gasteiger partial charge in [0.25, 0.3) is 0 Å². The smallest absolute Gasteiger partial charge is 0.311 e. The van der Waals surface area contributed by atoms with Gasteiger partial charge in [-0.25, -0.2) is 0 Å². The first-order chi connectivity index (χ1) is 31.0. The normalized spacial score (nSPS) is 12.3. The highest BCUT2D eigenvalue weighted by molar-refractivity contribution is 5.76. The second-order valence-electron chi connectivity index (χ2n) is 21.6. The zero-order chi connectivity index (χ0) is 47.4. The molecule has 0 unspecified atom stereocenters. The van der Waals surface area contributed by atoms with Crippen LogP contribution in [0.1, 0.15) is 312 Å². The molecule has 0 aliphatic carbocycles. The van der Waals surface area contributed by atoms with Gasteiger partial charge in [-0.2, -0.15) is 0 Å². The summed E-state index contributed by atoms with van der Waals surface area (Å²) in [5, 5.41) is 9.44. The Balaban J connectivity index is 4.74. The maximum absolute atomic E-state index is 13.5. The lowest BCUT2D eigenvalue weighted by Gasteiger charge is -2.27. The Morgan fingerprint density at radius 1 is 0.375 bits per heavy atom. The number of ether oxygens (including phenoxy) is 2. The predicted octanol–water partition coefficient (Wildman–Crippen LogP) is 17.8. The summed E-state index contributed by atoms with van der Waals surface area (Å²) in [6.45, 7) is 21.0. The van der Waals surface area contributed by atoms with E-state index in [2.05, 4.69) is 60.3 Å². The third kappa shape index (κ3) is 37.9. The maximum atomic E-state index is 13.5. The molecule has 0 rings (SSSR count). The van der Waals surface area contributed by atoms with Gasteiger partial charge < -0.3 is 19.5 Å². The predicted molar refractivity (Wildman–Crippen MR) is 278 cm³/mol. The number of hydrogen-bond acceptors (Lipinski definition) is 6. The lowest BCUT2D eigenvalue weighted by Crippen LogP contribution is -2.31. The Bertz CT molecular complexity index is 907. The minimum Gasteiger partial charge on any atom is -0.462 e. The Hall–Kier alpha value is -1.14. The first kappa shape index (κ1) is 62.9. The molecule has 0 bridgehead atoms. The second kappa shape index (κ2) is 44.4. The van der Waals surface area contributed by atoms with Crippen LogP contribution in [-0.4, -0.2) is 60.4 Å². The Morgan fingerprint density at radius 3 is 0.922 bits per heavy atom. The monoisotopic (exact) mass is 906 g/mol. The molecular formula is C58H115NO5. The van der Waals surface area contributed by atoms with Crippen molar-refractivity contribution >= 4 is 11.9 Å². The molecule has 0 radical (unpaired) electrons. The third-order valence-electron chi connectivity index (χ3n) is 14.1. The van der Waals surface area contributed by atoms with Crippen molar-refractivity contribution in [2.75, 3.05) is 26.2 Å². The second-order valence-corrected chi connectivity index (χ2v) is 21.6. The van der Waals surface area contributed by atoms with E-state index in [0.29, 0.717) is 0 Å². The quantitative estimate of drug-likeness (QED) is 0.0484. The topological polar surface area (TPSA) is 76.1 Å². The molecule has 0 aliphatic heterocycles. The number of hydrogen-bond donors (Lipinski definition) is 1. The molecule has 6 nitrogen and oxygen atoms in total. The Kier molecular flexibility index (Phi) is 43.6. The van der Waals surface area contributed by atoms with Crippen molar-refractivity contribution in [3.63, 3.8) is 0 Å². The Labute approximate surface area is 401 Å². The molecule has 64 heavy (non-hydrogen) atoms. The van der Waals surface area contributed by atoms with E-state index in [1.54, 1.807) is 0 Å². The van der Waals surface area contributed by atoms with Crippen molar-refractivity contribution in [2.45, 2.75) is 324 Å². The summed E-state index contributed by atoms with van der Waals surface area (Å²) < 4.78 is 12.6. The molecule has 0 spiro atoms. The van der Waals surface area contributed by atoms with Gasteiger partial charge in [0.05, 0.1) is 10.8 Å². The average molecular weight is 907 g/mol. The van der Waals surface area contributed by atoms with E-state index in [9.17, 15) is 14.7 Å². The molecule has 0 saturated heterocycles. The highest BCUT2D eigenvalue weighted by Gasteiger charge is 2.32. The van der Waals surface area contributed by atoms with Crippen LogP contribution in [0, 0.1) is 10.8 Å². The number of aliphatic hydroxyl groups is 1. The van der Waals surface area contributed by atoms with E-state index in [0.717, 1.165) is 96.7 Å². The number of carbonyl (C=O) groups excluding carboxylic acids is 2. The SMILES string of the molecule is CCCCCCCCC(CCCCCCCC)OC(=O)C(C)(C)CCCCCCN(CCCCO)CCCCCCC(C)(C)C(=O)OC(CCCCCCCC)CCCCCCCC. The summed E-state index contributed by atoms with van der Waals surface area (Å²) in [5.74, 6) is 0.0264. The van der Waals surface area contributed by atoms with E-state index >= 15 is 0 Å². The van der Waals surface area contributed by atoms with Crippen LogP contribution in [0.5, 0.6) is 0 Å². The summed E-state index contributed by atoms with van der Waals surface area (Å²) in [6, 6.07) is 0. The van der Waals surface area contributed by atoms with Gasteiger partial charge in [-0.05, 0) is 137 Å². The van der Waals surface area contributed by atoms with Gasteiger partial charge in [0.2, 0.25) is 0 Å². The highest BCUT2D eigenvalue weighted by Crippen LogP contribution is 2.30. The molecule has 0 aromatic carbocycles. The van der Waals surface area contributed by atoms with Crippen LogP contribution < -0.4 is 0 Å². The fraction of sp³-hybridized carbons (Fsp3) is 0.966. The summed E-state index contributed by atoms with van der Waals surface area (Å²) in [6.07, 6.45) is 47.7. The molecule has 382 valence electrons. The number of aliphatic hydroxyl groups excluding tert-OH is 1. The fourth-order valence-corrected chi connectivity index (χ4v) is 9.25. The van der Waals surface area contributed by atoms with Gasteiger partial charge in [-0.1, -0.05) is 195 Å². The van der Waals surface area contributed by atoms with Crippen LogP contribution in [0.4, 0.5) is 0 Å². The zero-order valence-corrected chi connectivity index (χ0v) is 44.8. The molecule has 6 heteroatoms. The summed E-state index contributed by atoms with van der Waals surface area (Å²) in [5.41, 5.74) is -0.871. The molecule has 0 saturated carbocycles. The average Bonchev–Trinajstić information content (AvgIpc) is 3.27. The van der Waals surface area contributed by atoms with Gasteiger partial charge >= 0.3 is 11.9 Å². The van der Waals surface area contributed by atoms with Gasteiger partial charge in [0, 0.05) is 6.61 Å². The lowest BCUT2D eigenvalue weighted by atomic mass is 9.86. The molecule has 0 atom stereocenters. The summed E-state index contributed by atoms with van der Waals surface area (Å²) in [7, 11) is 0. The van der Waals surface area contributed by atoms with Crippen molar-refractivity contribution in [3.8, 4) is 0 Å². The number of unbranched alkanes of at least 4 members (excludes halogenated alkanes) is 27. The molecule has 1 N–H and O–H groups in total. The van der Waals surface area contributed by atoms with E-state index in [4.69, 9.17) is 9.47 Å².